The fourth-order valence-electron chi connectivity index (χ4n) is 1.90. The minimum absolute atomic E-state index is 0.189. The van der Waals surface area contributed by atoms with E-state index in [-0.39, 0.29) is 11.5 Å². The standard InChI is InChI=1S/C17H16N2O3/c20-16(5-4-13-6-9-18-10-7-13)19-11-8-14-2-1-3-15(12-14)17(21)22/h1-7,9-10,12H,8,11H2,(H,19,20)(H,21,22). The van der Waals surface area contributed by atoms with Gasteiger partial charge in [-0.05, 0) is 47.9 Å². The van der Waals surface area contributed by atoms with Crippen LogP contribution in [0.1, 0.15) is 21.5 Å². The zero-order chi connectivity index (χ0) is 15.8. The number of rotatable bonds is 6. The Morgan fingerprint density at radius 2 is 1.95 bits per heavy atom. The van der Waals surface area contributed by atoms with Crippen LogP contribution >= 0.6 is 0 Å². The molecule has 1 heterocycles. The Kier molecular flexibility index (Phi) is 5.43. The number of aromatic carboxylic acids is 1. The third-order valence-electron chi connectivity index (χ3n) is 3.02. The van der Waals surface area contributed by atoms with E-state index in [1.165, 1.54) is 6.08 Å². The Morgan fingerprint density at radius 1 is 1.18 bits per heavy atom. The van der Waals surface area contributed by atoms with Crippen molar-refractivity contribution in [3.63, 3.8) is 0 Å². The number of carboxylic acids is 1. The molecule has 0 radical (unpaired) electrons. The van der Waals surface area contributed by atoms with Crippen LogP contribution in [-0.4, -0.2) is 28.5 Å². The number of nitrogens with zero attached hydrogens (tertiary/aromatic N) is 1. The topological polar surface area (TPSA) is 79.3 Å². The number of benzene rings is 1. The smallest absolute Gasteiger partial charge is 0.335 e. The molecule has 0 aliphatic heterocycles. The highest BCUT2D eigenvalue weighted by atomic mass is 16.4. The van der Waals surface area contributed by atoms with Crippen molar-refractivity contribution in [3.05, 3.63) is 71.6 Å². The predicted molar refractivity (Wildman–Crippen MR) is 83.4 cm³/mol. The van der Waals surface area contributed by atoms with Crippen molar-refractivity contribution >= 4 is 18.0 Å². The predicted octanol–water partition coefficient (Wildman–Crippen LogP) is 2.15. The molecule has 0 bridgehead atoms. The van der Waals surface area contributed by atoms with E-state index < -0.39 is 5.97 Å². The van der Waals surface area contributed by atoms with Crippen LogP contribution in [0.2, 0.25) is 0 Å². The van der Waals surface area contributed by atoms with Gasteiger partial charge in [0, 0.05) is 25.0 Å². The van der Waals surface area contributed by atoms with Gasteiger partial charge >= 0.3 is 5.97 Å². The summed E-state index contributed by atoms with van der Waals surface area (Å²) in [6.07, 6.45) is 7.07. The molecule has 2 N–H and O–H groups in total. The number of amides is 1. The quantitative estimate of drug-likeness (QED) is 0.801. The summed E-state index contributed by atoms with van der Waals surface area (Å²) < 4.78 is 0. The van der Waals surface area contributed by atoms with Crippen molar-refractivity contribution in [2.75, 3.05) is 6.54 Å². The van der Waals surface area contributed by atoms with Gasteiger partial charge < -0.3 is 10.4 Å². The van der Waals surface area contributed by atoms with Crippen LogP contribution in [0.3, 0.4) is 0 Å². The molecule has 0 saturated heterocycles. The van der Waals surface area contributed by atoms with E-state index in [0.717, 1.165) is 11.1 Å². The molecule has 0 unspecified atom stereocenters. The first kappa shape index (κ1) is 15.4. The van der Waals surface area contributed by atoms with E-state index in [0.29, 0.717) is 13.0 Å². The number of aromatic nitrogens is 1. The molecule has 0 atom stereocenters. The number of carbonyl (C=O) groups is 2. The van der Waals surface area contributed by atoms with Gasteiger partial charge in [-0.15, -0.1) is 0 Å². The molecule has 2 aromatic rings. The first-order valence-corrected chi connectivity index (χ1v) is 6.83. The van der Waals surface area contributed by atoms with Gasteiger partial charge in [0.25, 0.3) is 0 Å². The molecule has 2 rings (SSSR count). The molecule has 5 heteroatoms. The number of carboxylic acid groups (broad SMARTS) is 1. The fourth-order valence-corrected chi connectivity index (χ4v) is 1.90. The molecule has 1 aromatic heterocycles. The Hall–Kier alpha value is -2.95. The van der Waals surface area contributed by atoms with Crippen molar-refractivity contribution in [2.24, 2.45) is 0 Å². The Balaban J connectivity index is 1.81. The lowest BCUT2D eigenvalue weighted by Crippen LogP contribution is -2.23. The lowest BCUT2D eigenvalue weighted by Gasteiger charge is -2.04. The molecular formula is C17H16N2O3. The summed E-state index contributed by atoms with van der Waals surface area (Å²) >= 11 is 0. The molecule has 5 nitrogen and oxygen atoms in total. The maximum absolute atomic E-state index is 11.7. The largest absolute Gasteiger partial charge is 0.478 e. The molecule has 0 fully saturated rings. The van der Waals surface area contributed by atoms with Crippen molar-refractivity contribution in [3.8, 4) is 0 Å². The van der Waals surface area contributed by atoms with E-state index in [4.69, 9.17) is 5.11 Å². The first-order valence-electron chi connectivity index (χ1n) is 6.83. The molecule has 22 heavy (non-hydrogen) atoms. The SMILES string of the molecule is O=C(C=Cc1ccncc1)NCCc1cccc(C(=O)O)c1. The van der Waals surface area contributed by atoms with Crippen LogP contribution in [-0.2, 0) is 11.2 Å². The number of hydrogen-bond donors (Lipinski definition) is 2. The second-order valence-electron chi connectivity index (χ2n) is 4.66. The number of pyridine rings is 1. The van der Waals surface area contributed by atoms with Crippen molar-refractivity contribution in [1.29, 1.82) is 0 Å². The summed E-state index contributed by atoms with van der Waals surface area (Å²) in [5, 5.41) is 11.7. The van der Waals surface area contributed by atoms with Crippen molar-refractivity contribution in [2.45, 2.75) is 6.42 Å². The monoisotopic (exact) mass is 296 g/mol. The lowest BCUT2D eigenvalue weighted by atomic mass is 10.1. The Labute approximate surface area is 128 Å². The van der Waals surface area contributed by atoms with Crippen LogP contribution in [0.5, 0.6) is 0 Å². The van der Waals surface area contributed by atoms with Crippen LogP contribution in [0, 0.1) is 0 Å². The van der Waals surface area contributed by atoms with E-state index >= 15 is 0 Å². The lowest BCUT2D eigenvalue weighted by molar-refractivity contribution is -0.116. The number of carbonyl (C=O) groups excluding carboxylic acids is 1. The number of nitrogens with one attached hydrogen (secondary N) is 1. The zero-order valence-electron chi connectivity index (χ0n) is 11.9. The third kappa shape index (κ3) is 4.86. The van der Waals surface area contributed by atoms with Gasteiger partial charge in [0.2, 0.25) is 5.91 Å². The van der Waals surface area contributed by atoms with Gasteiger partial charge in [0.05, 0.1) is 5.56 Å². The zero-order valence-corrected chi connectivity index (χ0v) is 11.9. The summed E-state index contributed by atoms with van der Waals surface area (Å²) in [5.74, 6) is -1.14. The van der Waals surface area contributed by atoms with Crippen LogP contribution in [0.4, 0.5) is 0 Å². The minimum atomic E-state index is -0.953. The van der Waals surface area contributed by atoms with Crippen molar-refractivity contribution < 1.29 is 14.7 Å². The van der Waals surface area contributed by atoms with Gasteiger partial charge in [0.15, 0.2) is 0 Å². The molecule has 0 aliphatic rings. The second-order valence-corrected chi connectivity index (χ2v) is 4.66. The average Bonchev–Trinajstić information content (AvgIpc) is 2.54. The fraction of sp³-hybridized carbons (Fsp3) is 0.118. The van der Waals surface area contributed by atoms with E-state index in [1.807, 2.05) is 6.07 Å². The van der Waals surface area contributed by atoms with Crippen LogP contribution in [0.15, 0.2) is 54.9 Å². The average molecular weight is 296 g/mol. The maximum atomic E-state index is 11.7. The second kappa shape index (κ2) is 7.73. The number of hydrogen-bond acceptors (Lipinski definition) is 3. The van der Waals surface area contributed by atoms with E-state index in [1.54, 1.807) is 48.8 Å². The highest BCUT2D eigenvalue weighted by Gasteiger charge is 2.03. The Morgan fingerprint density at radius 3 is 2.68 bits per heavy atom. The molecule has 112 valence electrons. The van der Waals surface area contributed by atoms with E-state index in [2.05, 4.69) is 10.3 Å². The van der Waals surface area contributed by atoms with Gasteiger partial charge in [-0.1, -0.05) is 12.1 Å². The summed E-state index contributed by atoms with van der Waals surface area (Å²) in [6.45, 7) is 0.447. The summed E-state index contributed by atoms with van der Waals surface area (Å²) in [6, 6.07) is 10.3. The van der Waals surface area contributed by atoms with Crippen LogP contribution in [0.25, 0.3) is 6.08 Å². The molecule has 1 aromatic carbocycles. The summed E-state index contributed by atoms with van der Waals surface area (Å²) in [4.78, 5) is 26.4. The Bertz CT molecular complexity index is 681. The van der Waals surface area contributed by atoms with Crippen molar-refractivity contribution in [1.82, 2.24) is 10.3 Å². The molecule has 1 amide bonds. The first-order chi connectivity index (χ1) is 10.6. The van der Waals surface area contributed by atoms with Crippen LogP contribution < -0.4 is 5.32 Å². The normalized spacial score (nSPS) is 10.5. The van der Waals surface area contributed by atoms with Gasteiger partial charge in [0.1, 0.15) is 0 Å². The highest BCUT2D eigenvalue weighted by molar-refractivity contribution is 5.91. The van der Waals surface area contributed by atoms with Gasteiger partial charge in [-0.25, -0.2) is 4.79 Å². The molecule has 0 spiro atoms. The van der Waals surface area contributed by atoms with Gasteiger partial charge in [-0.3, -0.25) is 9.78 Å². The summed E-state index contributed by atoms with van der Waals surface area (Å²) in [7, 11) is 0. The van der Waals surface area contributed by atoms with E-state index in [9.17, 15) is 9.59 Å². The molecule has 0 saturated carbocycles. The highest BCUT2D eigenvalue weighted by Crippen LogP contribution is 2.05. The summed E-state index contributed by atoms with van der Waals surface area (Å²) in [5.41, 5.74) is 2.03. The molecular weight excluding hydrogens is 280 g/mol. The van der Waals surface area contributed by atoms with Gasteiger partial charge in [-0.2, -0.15) is 0 Å². The third-order valence-corrected chi connectivity index (χ3v) is 3.02. The molecule has 0 aliphatic carbocycles. The maximum Gasteiger partial charge on any atom is 0.335 e. The minimum Gasteiger partial charge on any atom is -0.478 e.